The summed E-state index contributed by atoms with van der Waals surface area (Å²) in [5, 5.41) is 0. The Labute approximate surface area is 220 Å². The van der Waals surface area contributed by atoms with E-state index in [0.717, 1.165) is 32.1 Å². The smallest absolute Gasteiger partial charge is 0.133 e. The summed E-state index contributed by atoms with van der Waals surface area (Å²) in [7, 11) is 1.86. The van der Waals surface area contributed by atoms with E-state index in [4.69, 9.17) is 4.99 Å². The largest absolute Gasteiger partial charge is 0.300 e. The predicted molar refractivity (Wildman–Crippen MR) is 159 cm³/mol. The number of hydrogen-bond donors (Lipinski definition) is 0. The fraction of sp³-hybridized carbons (Fsp3) is 0.656. The molecule has 0 amide bonds. The lowest BCUT2D eigenvalue weighted by molar-refractivity contribution is -0.120. The highest BCUT2D eigenvalue weighted by atomic mass is 16.1. The minimum Gasteiger partial charge on any atom is -0.300 e. The van der Waals surface area contributed by atoms with Crippen LogP contribution >= 0.6 is 0 Å². The van der Waals surface area contributed by atoms with E-state index in [1.807, 2.05) is 27.1 Å². The second-order valence-corrected chi connectivity index (χ2v) is 10.9. The Hall–Kier alpha value is -2.03. The molecule has 1 aromatic rings. The SMILES string of the molecule is CC.CN=CC1=C(CC2CCC[C@@H](CC(=O)CCc3ccccc3C(C)C)C2)N=CC(C)CC1C.[HH].[HH].[HH]. The van der Waals surface area contributed by atoms with Crippen molar-refractivity contribution in [2.24, 2.45) is 33.7 Å². The van der Waals surface area contributed by atoms with Gasteiger partial charge in [-0.2, -0.15) is 0 Å². The van der Waals surface area contributed by atoms with Gasteiger partial charge in [-0.1, -0.05) is 85.1 Å². The summed E-state index contributed by atoms with van der Waals surface area (Å²) in [5.41, 5.74) is 5.28. The van der Waals surface area contributed by atoms with Crippen molar-refractivity contribution in [1.29, 1.82) is 0 Å². The first-order valence-corrected chi connectivity index (χ1v) is 14.2. The van der Waals surface area contributed by atoms with Gasteiger partial charge in [0.1, 0.15) is 5.78 Å². The molecule has 1 aliphatic heterocycles. The second kappa shape index (κ2) is 15.2. The van der Waals surface area contributed by atoms with Gasteiger partial charge in [-0.25, -0.2) is 0 Å². The van der Waals surface area contributed by atoms with Crippen LogP contribution in [0.5, 0.6) is 0 Å². The molecule has 1 aliphatic carbocycles. The van der Waals surface area contributed by atoms with Crippen LogP contribution in [0.4, 0.5) is 0 Å². The molecule has 35 heavy (non-hydrogen) atoms. The monoisotopic (exact) mass is 484 g/mol. The van der Waals surface area contributed by atoms with Crippen LogP contribution < -0.4 is 0 Å². The summed E-state index contributed by atoms with van der Waals surface area (Å²) in [4.78, 5) is 22.1. The van der Waals surface area contributed by atoms with Crippen molar-refractivity contribution in [3.8, 4) is 0 Å². The first-order valence-electron chi connectivity index (χ1n) is 14.2. The molecule has 0 spiro atoms. The van der Waals surface area contributed by atoms with Crippen LogP contribution in [0.2, 0.25) is 0 Å². The van der Waals surface area contributed by atoms with Gasteiger partial charge in [0.25, 0.3) is 0 Å². The minimum absolute atomic E-state index is 0. The zero-order chi connectivity index (χ0) is 25.8. The number of allylic oxidation sites excluding steroid dienone is 2. The lowest BCUT2D eigenvalue weighted by Gasteiger charge is -2.29. The van der Waals surface area contributed by atoms with E-state index in [9.17, 15) is 4.79 Å². The third-order valence-electron chi connectivity index (χ3n) is 7.58. The van der Waals surface area contributed by atoms with Gasteiger partial charge in [0, 0.05) is 42.3 Å². The molecule has 0 radical (unpaired) electrons. The van der Waals surface area contributed by atoms with Gasteiger partial charge in [0.05, 0.1) is 0 Å². The van der Waals surface area contributed by atoms with E-state index >= 15 is 0 Å². The van der Waals surface area contributed by atoms with Crippen molar-refractivity contribution in [3.05, 3.63) is 46.7 Å². The van der Waals surface area contributed by atoms with Crippen molar-refractivity contribution in [2.75, 3.05) is 7.05 Å². The number of benzene rings is 1. The third kappa shape index (κ3) is 9.17. The maximum absolute atomic E-state index is 12.9. The Morgan fingerprint density at radius 1 is 1.14 bits per heavy atom. The number of rotatable bonds is 9. The van der Waals surface area contributed by atoms with Crippen LogP contribution in [0.15, 0.2) is 45.5 Å². The molecule has 3 nitrogen and oxygen atoms in total. The maximum Gasteiger partial charge on any atom is 0.133 e. The molecule has 0 bridgehead atoms. The summed E-state index contributed by atoms with van der Waals surface area (Å²) >= 11 is 0. The van der Waals surface area contributed by atoms with Gasteiger partial charge in [0.15, 0.2) is 0 Å². The summed E-state index contributed by atoms with van der Waals surface area (Å²) in [6.45, 7) is 13.0. The normalized spacial score (nSPS) is 24.9. The third-order valence-corrected chi connectivity index (χ3v) is 7.58. The fourth-order valence-electron chi connectivity index (χ4n) is 5.90. The molecule has 3 heteroatoms. The molecule has 1 fully saturated rings. The molecule has 0 saturated heterocycles. The molecular weight excluding hydrogens is 428 g/mol. The lowest BCUT2D eigenvalue weighted by Crippen LogP contribution is -2.19. The average Bonchev–Trinajstić information content (AvgIpc) is 2.97. The zero-order valence-electron chi connectivity index (χ0n) is 23.5. The second-order valence-electron chi connectivity index (χ2n) is 10.9. The van der Waals surface area contributed by atoms with E-state index in [1.54, 1.807) is 0 Å². The number of nitrogens with zero attached hydrogens (tertiary/aromatic N) is 2. The number of aryl methyl sites for hydroxylation is 1. The van der Waals surface area contributed by atoms with E-state index in [0.29, 0.717) is 41.8 Å². The Morgan fingerprint density at radius 2 is 1.86 bits per heavy atom. The van der Waals surface area contributed by atoms with Crippen molar-refractivity contribution >= 4 is 18.2 Å². The van der Waals surface area contributed by atoms with Crippen molar-refractivity contribution in [1.82, 2.24) is 0 Å². The van der Waals surface area contributed by atoms with Gasteiger partial charge >= 0.3 is 0 Å². The molecule has 3 rings (SSSR count). The van der Waals surface area contributed by atoms with E-state index in [1.165, 1.54) is 41.7 Å². The average molecular weight is 485 g/mol. The Bertz CT molecular complexity index is 894. The predicted octanol–water partition coefficient (Wildman–Crippen LogP) is 9.36. The van der Waals surface area contributed by atoms with Gasteiger partial charge in [-0.3, -0.25) is 14.8 Å². The first kappa shape index (κ1) is 29.2. The van der Waals surface area contributed by atoms with Crippen molar-refractivity contribution in [2.45, 2.75) is 105 Å². The number of carbonyl (C=O) groups excluding carboxylic acids is 1. The highest BCUT2D eigenvalue weighted by Gasteiger charge is 2.27. The topological polar surface area (TPSA) is 41.8 Å². The molecule has 3 unspecified atom stereocenters. The van der Waals surface area contributed by atoms with Crippen LogP contribution in [0.1, 0.15) is 114 Å². The number of Topliss-reactive ketones (excluding diaryl/α,β-unsaturated/α-hetero) is 1. The molecule has 0 aromatic heterocycles. The van der Waals surface area contributed by atoms with E-state index in [-0.39, 0.29) is 4.28 Å². The molecule has 1 aromatic carbocycles. The van der Waals surface area contributed by atoms with Crippen molar-refractivity contribution < 1.29 is 9.07 Å². The summed E-state index contributed by atoms with van der Waals surface area (Å²) < 4.78 is 0. The van der Waals surface area contributed by atoms with Crippen LogP contribution in [0, 0.1) is 23.7 Å². The van der Waals surface area contributed by atoms with Gasteiger partial charge in [0.2, 0.25) is 0 Å². The highest BCUT2D eigenvalue weighted by Crippen LogP contribution is 2.37. The van der Waals surface area contributed by atoms with E-state index in [2.05, 4.69) is 63.2 Å². The maximum atomic E-state index is 12.9. The number of ketones is 1. The van der Waals surface area contributed by atoms with Gasteiger partial charge in [-0.05, 0) is 72.0 Å². The molecule has 2 aliphatic rings. The summed E-state index contributed by atoms with van der Waals surface area (Å²) in [5.74, 6) is 3.11. The fourth-order valence-corrected chi connectivity index (χ4v) is 5.90. The quantitative estimate of drug-likeness (QED) is 0.322. The molecule has 1 saturated carbocycles. The Morgan fingerprint density at radius 3 is 2.57 bits per heavy atom. The van der Waals surface area contributed by atoms with Crippen LogP contribution in [0.25, 0.3) is 0 Å². The minimum atomic E-state index is 0. The standard InChI is InChI=1S/C30H44N2O.C2H6.3H2/c1-21(2)28-12-7-6-11-26(28)13-14-27(33)17-24-9-8-10-25(16-24)18-30-29(20-31-5)23(4)15-22(3)19-32-30;1-2;;;/h6-7,11-12,19-25H,8-10,13-18H2,1-5H3;1-2H3;3*1H/t22?,23?,24-,25?;;;;/m1..../s1. The molecule has 200 valence electrons. The lowest BCUT2D eigenvalue weighted by atomic mass is 9.76. The highest BCUT2D eigenvalue weighted by molar-refractivity contribution is 5.82. The molecular formula is C32H56N2O. The number of aliphatic imine (C=N–C) groups is 2. The van der Waals surface area contributed by atoms with Crippen LogP contribution in [-0.4, -0.2) is 25.3 Å². The molecule has 1 heterocycles. The number of hydrogen-bond acceptors (Lipinski definition) is 3. The molecule has 0 N–H and O–H groups in total. The van der Waals surface area contributed by atoms with E-state index < -0.39 is 0 Å². The Kier molecular flexibility index (Phi) is 12.7. The number of carbonyl (C=O) groups is 1. The summed E-state index contributed by atoms with van der Waals surface area (Å²) in [6, 6.07) is 8.61. The van der Waals surface area contributed by atoms with Gasteiger partial charge < -0.3 is 0 Å². The molecule has 4 atom stereocenters. The first-order chi connectivity index (χ1) is 16.9. The zero-order valence-corrected chi connectivity index (χ0v) is 23.5. The van der Waals surface area contributed by atoms with Gasteiger partial charge in [-0.15, -0.1) is 0 Å². The Balaban J connectivity index is 0. The van der Waals surface area contributed by atoms with Crippen molar-refractivity contribution in [3.63, 3.8) is 0 Å². The van der Waals surface area contributed by atoms with Crippen LogP contribution in [-0.2, 0) is 11.2 Å². The van der Waals surface area contributed by atoms with Crippen LogP contribution in [0.3, 0.4) is 0 Å². The summed E-state index contributed by atoms with van der Waals surface area (Å²) in [6.07, 6.45) is 13.5.